The van der Waals surface area contributed by atoms with Gasteiger partial charge in [0, 0.05) is 22.3 Å². The molecule has 1 aliphatic rings. The highest BCUT2D eigenvalue weighted by molar-refractivity contribution is 9.10. The topological polar surface area (TPSA) is 55.6 Å². The molecule has 0 radical (unpaired) electrons. The van der Waals surface area contributed by atoms with Crippen LogP contribution in [0.5, 0.6) is 0 Å². The van der Waals surface area contributed by atoms with Crippen molar-refractivity contribution in [2.45, 2.75) is 25.4 Å². The molecule has 0 spiro atoms. The van der Waals surface area contributed by atoms with E-state index in [2.05, 4.69) is 36.3 Å². The molecular formula is C15H13BrClN5. The normalized spacial score (nSPS) is 17.5. The number of nitrogens with zero attached hydrogens (tertiary/aromatic N) is 4. The van der Waals surface area contributed by atoms with E-state index in [1.807, 2.05) is 28.9 Å². The Balaban J connectivity index is 1.60. The summed E-state index contributed by atoms with van der Waals surface area (Å²) in [5.74, 6) is 1.89. The fourth-order valence-corrected chi connectivity index (χ4v) is 3.68. The molecule has 0 saturated carbocycles. The van der Waals surface area contributed by atoms with Gasteiger partial charge < -0.3 is 5.32 Å². The molecule has 1 unspecified atom stereocenters. The van der Waals surface area contributed by atoms with Gasteiger partial charge >= 0.3 is 0 Å². The Morgan fingerprint density at radius 3 is 3.14 bits per heavy atom. The lowest BCUT2D eigenvalue weighted by molar-refractivity contribution is 0.441. The first-order valence-electron chi connectivity index (χ1n) is 7.08. The fourth-order valence-electron chi connectivity index (χ4n) is 2.80. The maximum absolute atomic E-state index is 6.29. The van der Waals surface area contributed by atoms with Crippen molar-refractivity contribution < 1.29 is 0 Å². The first-order valence-corrected chi connectivity index (χ1v) is 8.25. The number of anilines is 1. The van der Waals surface area contributed by atoms with Crippen molar-refractivity contribution in [2.24, 2.45) is 0 Å². The second-order valence-corrected chi connectivity index (χ2v) is 6.72. The van der Waals surface area contributed by atoms with Crippen LogP contribution in [0, 0.1) is 0 Å². The van der Waals surface area contributed by atoms with Crippen molar-refractivity contribution in [3.63, 3.8) is 0 Å². The van der Waals surface area contributed by atoms with E-state index >= 15 is 0 Å². The Bertz CT molecular complexity index is 847. The van der Waals surface area contributed by atoms with Gasteiger partial charge in [-0.15, -0.1) is 0 Å². The molecule has 0 amide bonds. The standard InChI is InChI=1S/C15H13BrClN5/c16-10-5-9-1-3-13(21-15(9)12(17)6-10)20-11-2-4-14-18-8-19-22(14)7-11/h1,3,5-6,8,11H,2,4,7H2,(H,20,21). The molecule has 3 heterocycles. The van der Waals surface area contributed by atoms with Crippen LogP contribution in [-0.2, 0) is 13.0 Å². The third-order valence-electron chi connectivity index (χ3n) is 3.87. The molecule has 3 aromatic rings. The van der Waals surface area contributed by atoms with E-state index in [1.54, 1.807) is 6.33 Å². The first-order chi connectivity index (χ1) is 10.7. The van der Waals surface area contributed by atoms with Gasteiger partial charge in [-0.1, -0.05) is 27.5 Å². The molecule has 1 aromatic carbocycles. The average Bonchev–Trinajstić information content (AvgIpc) is 2.95. The van der Waals surface area contributed by atoms with Crippen LogP contribution in [-0.4, -0.2) is 25.8 Å². The Hall–Kier alpha value is -1.66. The van der Waals surface area contributed by atoms with Crippen LogP contribution in [0.2, 0.25) is 5.02 Å². The fraction of sp³-hybridized carbons (Fsp3) is 0.267. The highest BCUT2D eigenvalue weighted by Crippen LogP contribution is 2.28. The van der Waals surface area contributed by atoms with Crippen LogP contribution in [0.3, 0.4) is 0 Å². The molecule has 4 rings (SSSR count). The van der Waals surface area contributed by atoms with Crippen LogP contribution in [0.1, 0.15) is 12.2 Å². The number of hydrogen-bond donors (Lipinski definition) is 1. The van der Waals surface area contributed by atoms with Gasteiger partial charge in [-0.3, -0.25) is 0 Å². The second kappa shape index (κ2) is 5.52. The van der Waals surface area contributed by atoms with Crippen LogP contribution < -0.4 is 5.32 Å². The third-order valence-corrected chi connectivity index (χ3v) is 4.61. The van der Waals surface area contributed by atoms with E-state index in [4.69, 9.17) is 11.6 Å². The van der Waals surface area contributed by atoms with E-state index in [0.717, 1.165) is 46.4 Å². The summed E-state index contributed by atoms with van der Waals surface area (Å²) >= 11 is 9.74. The number of hydrogen-bond acceptors (Lipinski definition) is 4. The van der Waals surface area contributed by atoms with Crippen LogP contribution in [0.4, 0.5) is 5.82 Å². The molecule has 0 fully saturated rings. The number of aromatic nitrogens is 4. The molecular weight excluding hydrogens is 366 g/mol. The lowest BCUT2D eigenvalue weighted by Crippen LogP contribution is -2.32. The van der Waals surface area contributed by atoms with Crippen LogP contribution in [0.15, 0.2) is 35.1 Å². The van der Waals surface area contributed by atoms with Gasteiger partial charge in [-0.05, 0) is 30.7 Å². The van der Waals surface area contributed by atoms with Crippen LogP contribution in [0.25, 0.3) is 10.9 Å². The summed E-state index contributed by atoms with van der Waals surface area (Å²) in [6.45, 7) is 0.809. The molecule has 112 valence electrons. The minimum Gasteiger partial charge on any atom is -0.365 e. The SMILES string of the molecule is Clc1cc(Br)cc2ccc(NC3CCc4ncnn4C3)nc12. The average molecular weight is 379 g/mol. The minimum atomic E-state index is 0.299. The van der Waals surface area contributed by atoms with E-state index in [0.29, 0.717) is 11.1 Å². The van der Waals surface area contributed by atoms with E-state index < -0.39 is 0 Å². The Labute approximate surface area is 140 Å². The Kier molecular flexibility index (Phi) is 3.50. The van der Waals surface area contributed by atoms with E-state index in [-0.39, 0.29) is 0 Å². The highest BCUT2D eigenvalue weighted by Gasteiger charge is 2.20. The summed E-state index contributed by atoms with van der Waals surface area (Å²) < 4.78 is 2.91. The molecule has 0 aliphatic carbocycles. The predicted octanol–water partition coefficient (Wildman–Crippen LogP) is 3.67. The van der Waals surface area contributed by atoms with Gasteiger partial charge in [0.15, 0.2) is 0 Å². The number of rotatable bonds is 2. The maximum atomic E-state index is 6.29. The molecule has 1 atom stereocenters. The largest absolute Gasteiger partial charge is 0.365 e. The van der Waals surface area contributed by atoms with E-state index in [9.17, 15) is 0 Å². The first kappa shape index (κ1) is 14.0. The van der Waals surface area contributed by atoms with Crippen LogP contribution >= 0.6 is 27.5 Å². The van der Waals surface area contributed by atoms with Gasteiger partial charge in [0.25, 0.3) is 0 Å². The lowest BCUT2D eigenvalue weighted by Gasteiger charge is -2.24. The number of fused-ring (bicyclic) bond motifs is 2. The quantitative estimate of drug-likeness (QED) is 0.739. The zero-order valence-corrected chi connectivity index (χ0v) is 14.0. The number of halogens is 2. The smallest absolute Gasteiger partial charge is 0.138 e. The second-order valence-electron chi connectivity index (χ2n) is 5.39. The number of nitrogens with one attached hydrogen (secondary N) is 1. The van der Waals surface area contributed by atoms with Crippen molar-refractivity contribution >= 4 is 44.3 Å². The third kappa shape index (κ3) is 2.57. The molecule has 1 aliphatic heterocycles. The van der Waals surface area contributed by atoms with Crippen molar-refractivity contribution in [1.29, 1.82) is 0 Å². The summed E-state index contributed by atoms with van der Waals surface area (Å²) in [5, 5.41) is 9.39. The summed E-state index contributed by atoms with van der Waals surface area (Å²) in [5.41, 5.74) is 0.812. The molecule has 1 N–H and O–H groups in total. The number of benzene rings is 1. The van der Waals surface area contributed by atoms with Crippen molar-refractivity contribution in [3.8, 4) is 0 Å². The Morgan fingerprint density at radius 2 is 2.23 bits per heavy atom. The summed E-state index contributed by atoms with van der Waals surface area (Å²) in [6.07, 6.45) is 3.56. The summed E-state index contributed by atoms with van der Waals surface area (Å²) in [6, 6.07) is 8.20. The molecule has 7 heteroatoms. The Morgan fingerprint density at radius 1 is 1.32 bits per heavy atom. The molecule has 22 heavy (non-hydrogen) atoms. The number of aryl methyl sites for hydroxylation is 1. The van der Waals surface area contributed by atoms with Gasteiger partial charge in [-0.2, -0.15) is 5.10 Å². The maximum Gasteiger partial charge on any atom is 0.138 e. The van der Waals surface area contributed by atoms with Crippen molar-refractivity contribution in [3.05, 3.63) is 45.9 Å². The summed E-state index contributed by atoms with van der Waals surface area (Å²) in [7, 11) is 0. The van der Waals surface area contributed by atoms with Gasteiger partial charge in [0.1, 0.15) is 18.0 Å². The highest BCUT2D eigenvalue weighted by atomic mass is 79.9. The molecule has 5 nitrogen and oxygen atoms in total. The van der Waals surface area contributed by atoms with Crippen molar-refractivity contribution in [2.75, 3.05) is 5.32 Å². The predicted molar refractivity (Wildman–Crippen MR) is 90.2 cm³/mol. The lowest BCUT2D eigenvalue weighted by atomic mass is 10.1. The zero-order chi connectivity index (χ0) is 15.1. The number of pyridine rings is 1. The van der Waals surface area contributed by atoms with Gasteiger partial charge in [-0.25, -0.2) is 14.6 Å². The van der Waals surface area contributed by atoms with E-state index in [1.165, 1.54) is 0 Å². The summed E-state index contributed by atoms with van der Waals surface area (Å²) in [4.78, 5) is 8.89. The van der Waals surface area contributed by atoms with Gasteiger partial charge in [0.05, 0.1) is 17.1 Å². The minimum absolute atomic E-state index is 0.299. The molecule has 2 aromatic heterocycles. The zero-order valence-electron chi connectivity index (χ0n) is 11.6. The molecule has 0 saturated heterocycles. The van der Waals surface area contributed by atoms with Gasteiger partial charge in [0.2, 0.25) is 0 Å². The monoisotopic (exact) mass is 377 g/mol. The molecule has 0 bridgehead atoms. The van der Waals surface area contributed by atoms with Crippen molar-refractivity contribution in [1.82, 2.24) is 19.7 Å².